The van der Waals surface area contributed by atoms with Crippen molar-refractivity contribution in [1.29, 1.82) is 0 Å². The summed E-state index contributed by atoms with van der Waals surface area (Å²) in [6, 6.07) is 20.5. The fraction of sp³-hybridized carbons (Fsp3) is 0.160. The van der Waals surface area contributed by atoms with Crippen LogP contribution in [0.1, 0.15) is 41.0 Å². The third-order valence-corrected chi connectivity index (χ3v) is 5.16. The number of nitrogens with one attached hydrogen (secondary N) is 3. The predicted octanol–water partition coefficient (Wildman–Crippen LogP) is 5.90. The zero-order valence-corrected chi connectivity index (χ0v) is 19.8. The maximum atomic E-state index is 12.5. The van der Waals surface area contributed by atoms with Crippen molar-refractivity contribution < 1.29 is 14.3 Å². The van der Waals surface area contributed by atoms with E-state index in [1.807, 2.05) is 13.8 Å². The van der Waals surface area contributed by atoms with E-state index in [1.54, 1.807) is 72.8 Å². The Kier molecular flexibility index (Phi) is 8.40. The summed E-state index contributed by atoms with van der Waals surface area (Å²) in [7, 11) is 0. The lowest BCUT2D eigenvalue weighted by atomic mass is 10.2. The SMILES string of the molecule is CC[C@@H](C)Oc1ccc(C(=O)NC(=S)Nc2cccc(NC(=O)c3cccc(Cl)c3)c2)cc1. The number of hydrogen-bond donors (Lipinski definition) is 3. The molecule has 3 rings (SSSR count). The molecule has 1 atom stereocenters. The molecule has 0 bridgehead atoms. The van der Waals surface area contributed by atoms with Gasteiger partial charge in [-0.05, 0) is 86.2 Å². The minimum absolute atomic E-state index is 0.104. The Bertz CT molecular complexity index is 1150. The first-order valence-corrected chi connectivity index (χ1v) is 11.2. The van der Waals surface area contributed by atoms with Crippen molar-refractivity contribution in [3.63, 3.8) is 0 Å². The Morgan fingerprint density at radius 1 is 0.909 bits per heavy atom. The Hall–Kier alpha value is -3.42. The minimum atomic E-state index is -0.340. The Morgan fingerprint density at radius 2 is 1.58 bits per heavy atom. The van der Waals surface area contributed by atoms with Crippen LogP contribution in [0.3, 0.4) is 0 Å². The Balaban J connectivity index is 1.57. The van der Waals surface area contributed by atoms with Crippen molar-refractivity contribution in [2.45, 2.75) is 26.4 Å². The van der Waals surface area contributed by atoms with Gasteiger partial charge in [0.25, 0.3) is 11.8 Å². The molecule has 0 unspecified atom stereocenters. The van der Waals surface area contributed by atoms with Crippen molar-refractivity contribution in [2.24, 2.45) is 0 Å². The predicted molar refractivity (Wildman–Crippen MR) is 136 cm³/mol. The highest BCUT2D eigenvalue weighted by Gasteiger charge is 2.10. The second-order valence-electron chi connectivity index (χ2n) is 7.31. The van der Waals surface area contributed by atoms with E-state index in [2.05, 4.69) is 16.0 Å². The number of thiocarbonyl (C=S) groups is 1. The molecule has 0 aliphatic carbocycles. The van der Waals surface area contributed by atoms with Crippen LogP contribution >= 0.6 is 23.8 Å². The molecule has 3 aromatic carbocycles. The Morgan fingerprint density at radius 3 is 2.24 bits per heavy atom. The molecule has 0 saturated heterocycles. The first-order valence-electron chi connectivity index (χ1n) is 10.4. The molecule has 0 aliphatic rings. The molecule has 0 aliphatic heterocycles. The number of halogens is 1. The fourth-order valence-corrected chi connectivity index (χ4v) is 3.25. The highest BCUT2D eigenvalue weighted by atomic mass is 35.5. The summed E-state index contributed by atoms with van der Waals surface area (Å²) in [5, 5.41) is 9.03. The molecule has 2 amide bonds. The van der Waals surface area contributed by atoms with Crippen LogP contribution in [0.15, 0.2) is 72.8 Å². The molecule has 0 saturated carbocycles. The molecule has 33 heavy (non-hydrogen) atoms. The van der Waals surface area contributed by atoms with Gasteiger partial charge in [0.05, 0.1) is 6.10 Å². The summed E-state index contributed by atoms with van der Waals surface area (Å²) >= 11 is 11.2. The van der Waals surface area contributed by atoms with Gasteiger partial charge in [-0.2, -0.15) is 0 Å². The molecule has 0 spiro atoms. The van der Waals surface area contributed by atoms with Gasteiger partial charge in [0.1, 0.15) is 5.75 Å². The molecule has 170 valence electrons. The smallest absolute Gasteiger partial charge is 0.257 e. The molecular weight excluding hydrogens is 458 g/mol. The van der Waals surface area contributed by atoms with E-state index in [9.17, 15) is 9.59 Å². The van der Waals surface area contributed by atoms with E-state index in [0.717, 1.165) is 6.42 Å². The standard InChI is InChI=1S/C25H24ClN3O3S/c1-3-16(2)32-22-12-10-17(11-13-22)23(30)29-25(33)28-21-9-5-8-20(15-21)27-24(31)18-6-4-7-19(26)14-18/h4-16H,3H2,1-2H3,(H,27,31)(H2,28,29,30,33)/t16-/m1/s1. The average molecular weight is 482 g/mol. The molecule has 8 heteroatoms. The third-order valence-electron chi connectivity index (χ3n) is 4.72. The van der Waals surface area contributed by atoms with E-state index in [0.29, 0.717) is 33.3 Å². The molecule has 0 radical (unpaired) electrons. The zero-order valence-electron chi connectivity index (χ0n) is 18.2. The monoisotopic (exact) mass is 481 g/mol. The number of benzene rings is 3. The van der Waals surface area contributed by atoms with Gasteiger partial charge in [0, 0.05) is 27.5 Å². The normalized spacial score (nSPS) is 11.2. The van der Waals surface area contributed by atoms with E-state index in [-0.39, 0.29) is 23.0 Å². The average Bonchev–Trinajstić information content (AvgIpc) is 2.79. The van der Waals surface area contributed by atoms with Crippen LogP contribution in [0, 0.1) is 0 Å². The quantitative estimate of drug-likeness (QED) is 0.366. The second-order valence-corrected chi connectivity index (χ2v) is 8.16. The van der Waals surface area contributed by atoms with Gasteiger partial charge in [-0.1, -0.05) is 30.7 Å². The topological polar surface area (TPSA) is 79.5 Å². The van der Waals surface area contributed by atoms with Crippen molar-refractivity contribution >= 4 is 52.1 Å². The molecule has 6 nitrogen and oxygen atoms in total. The van der Waals surface area contributed by atoms with E-state index >= 15 is 0 Å². The number of anilines is 2. The highest BCUT2D eigenvalue weighted by molar-refractivity contribution is 7.80. The molecule has 0 fully saturated rings. The summed E-state index contributed by atoms with van der Waals surface area (Å²) in [5.74, 6) is 0.0810. The molecule has 3 N–H and O–H groups in total. The van der Waals surface area contributed by atoms with Crippen molar-refractivity contribution in [1.82, 2.24) is 5.32 Å². The van der Waals surface area contributed by atoms with Gasteiger partial charge < -0.3 is 15.4 Å². The highest BCUT2D eigenvalue weighted by Crippen LogP contribution is 2.18. The van der Waals surface area contributed by atoms with Gasteiger partial charge in [0.2, 0.25) is 0 Å². The zero-order chi connectivity index (χ0) is 23.8. The minimum Gasteiger partial charge on any atom is -0.491 e. The van der Waals surface area contributed by atoms with Crippen molar-refractivity contribution in [3.8, 4) is 5.75 Å². The second kappa shape index (κ2) is 11.4. The van der Waals surface area contributed by atoms with Gasteiger partial charge in [-0.25, -0.2) is 0 Å². The lowest BCUT2D eigenvalue weighted by Crippen LogP contribution is -2.34. The number of carbonyl (C=O) groups is 2. The van der Waals surface area contributed by atoms with Gasteiger partial charge in [0.15, 0.2) is 5.11 Å². The largest absolute Gasteiger partial charge is 0.491 e. The lowest BCUT2D eigenvalue weighted by molar-refractivity contribution is 0.0976. The Labute approximate surface area is 203 Å². The number of rotatable bonds is 7. The van der Waals surface area contributed by atoms with Crippen LogP contribution in [0.25, 0.3) is 0 Å². The molecular formula is C25H24ClN3O3S. The van der Waals surface area contributed by atoms with Gasteiger partial charge >= 0.3 is 0 Å². The van der Waals surface area contributed by atoms with Crippen LogP contribution in [0.4, 0.5) is 11.4 Å². The maximum Gasteiger partial charge on any atom is 0.257 e. The van der Waals surface area contributed by atoms with Crippen LogP contribution in [-0.2, 0) is 0 Å². The summed E-state index contributed by atoms with van der Waals surface area (Å²) in [4.78, 5) is 24.9. The van der Waals surface area contributed by atoms with Gasteiger partial charge in [-0.15, -0.1) is 0 Å². The molecule has 0 heterocycles. The van der Waals surface area contributed by atoms with E-state index in [1.165, 1.54) is 0 Å². The number of carbonyl (C=O) groups excluding carboxylic acids is 2. The summed E-state index contributed by atoms with van der Waals surface area (Å²) in [6.07, 6.45) is 1.00. The van der Waals surface area contributed by atoms with Crippen molar-refractivity contribution in [3.05, 3.63) is 88.9 Å². The summed E-state index contributed by atoms with van der Waals surface area (Å²) in [6.45, 7) is 4.03. The number of ether oxygens (including phenoxy) is 1. The first-order chi connectivity index (χ1) is 15.8. The van der Waals surface area contributed by atoms with Crippen LogP contribution in [0.5, 0.6) is 5.75 Å². The first kappa shape index (κ1) is 24.2. The molecule has 0 aromatic heterocycles. The third kappa shape index (κ3) is 7.30. The number of amides is 2. The molecule has 3 aromatic rings. The summed E-state index contributed by atoms with van der Waals surface area (Å²) < 4.78 is 5.72. The summed E-state index contributed by atoms with van der Waals surface area (Å²) in [5.41, 5.74) is 2.08. The van der Waals surface area contributed by atoms with Gasteiger partial charge in [-0.3, -0.25) is 14.9 Å². The van der Waals surface area contributed by atoms with E-state index in [4.69, 9.17) is 28.6 Å². The lowest BCUT2D eigenvalue weighted by Gasteiger charge is -2.13. The maximum absolute atomic E-state index is 12.5. The van der Waals surface area contributed by atoms with E-state index < -0.39 is 0 Å². The van der Waals surface area contributed by atoms with Crippen LogP contribution in [-0.4, -0.2) is 23.0 Å². The number of hydrogen-bond acceptors (Lipinski definition) is 4. The van der Waals surface area contributed by atoms with Crippen LogP contribution < -0.4 is 20.7 Å². The van der Waals surface area contributed by atoms with Crippen LogP contribution in [0.2, 0.25) is 5.02 Å². The fourth-order valence-electron chi connectivity index (χ4n) is 2.85. The van der Waals surface area contributed by atoms with Crippen molar-refractivity contribution in [2.75, 3.05) is 10.6 Å².